The highest BCUT2D eigenvalue weighted by Crippen LogP contribution is 2.22. The van der Waals surface area contributed by atoms with E-state index in [0.29, 0.717) is 18.6 Å². The Bertz CT molecular complexity index is 615. The van der Waals surface area contributed by atoms with Gasteiger partial charge in [0.1, 0.15) is 5.71 Å². The van der Waals surface area contributed by atoms with Crippen molar-refractivity contribution in [3.05, 3.63) is 0 Å². The smallest absolute Gasteiger partial charge is 0.267 e. The predicted molar refractivity (Wildman–Crippen MR) is 92.3 cm³/mol. The zero-order chi connectivity index (χ0) is 17.7. The molecular weight excluding hydrogens is 330 g/mol. The maximum Gasteiger partial charge on any atom is 0.267 e. The van der Waals surface area contributed by atoms with Gasteiger partial charge in [-0.15, -0.1) is 0 Å². The summed E-state index contributed by atoms with van der Waals surface area (Å²) in [6.07, 6.45) is 5.15. The van der Waals surface area contributed by atoms with Gasteiger partial charge in [-0.3, -0.25) is 9.59 Å². The van der Waals surface area contributed by atoms with Crippen molar-refractivity contribution >= 4 is 27.4 Å². The molecular formula is C16H27N3O4S. The molecule has 0 unspecified atom stereocenters. The van der Waals surface area contributed by atoms with Gasteiger partial charge in [-0.05, 0) is 19.8 Å². The molecule has 0 radical (unpaired) electrons. The van der Waals surface area contributed by atoms with Crippen molar-refractivity contribution in [3.63, 3.8) is 0 Å². The van der Waals surface area contributed by atoms with Crippen LogP contribution in [-0.2, 0) is 19.4 Å². The first-order chi connectivity index (χ1) is 11.3. The summed E-state index contributed by atoms with van der Waals surface area (Å²) in [5.74, 6) is -0.445. The molecule has 0 bridgehead atoms. The summed E-state index contributed by atoms with van der Waals surface area (Å²) in [5, 5.41) is 8.34. The van der Waals surface area contributed by atoms with Crippen LogP contribution in [0.3, 0.4) is 0 Å². The first-order valence-corrected chi connectivity index (χ1v) is 10.6. The average Bonchev–Trinajstić information content (AvgIpc) is 2.87. The lowest BCUT2D eigenvalue weighted by Crippen LogP contribution is -2.45. The Balaban J connectivity index is 1.97. The van der Waals surface area contributed by atoms with Crippen LogP contribution in [0, 0.1) is 0 Å². The third kappa shape index (κ3) is 5.03. The minimum atomic E-state index is -3.10. The van der Waals surface area contributed by atoms with E-state index in [1.807, 2.05) is 6.92 Å². The molecule has 136 valence electrons. The maximum atomic E-state index is 12.3. The standard InChI is InChI=1S/C16H27N3O4S/c1-3-4-5-6-12(2)17-16(21)14-7-8-15(20)19(18-14)13-9-10-24(22,23)11-13/h12-13H,3-11H2,1-2H3,(H,17,21)/t12-,13+/m0/s1. The Hall–Kier alpha value is -1.44. The highest BCUT2D eigenvalue weighted by molar-refractivity contribution is 7.91. The van der Waals surface area contributed by atoms with Gasteiger partial charge in [-0.2, -0.15) is 5.10 Å². The van der Waals surface area contributed by atoms with E-state index in [-0.39, 0.29) is 35.8 Å². The fourth-order valence-electron chi connectivity index (χ4n) is 3.07. The molecule has 1 fully saturated rings. The Labute approximate surface area is 143 Å². The fraction of sp³-hybridized carbons (Fsp3) is 0.812. The van der Waals surface area contributed by atoms with Gasteiger partial charge in [0.25, 0.3) is 5.91 Å². The third-order valence-electron chi connectivity index (χ3n) is 4.49. The number of carbonyl (C=O) groups excluding carboxylic acids is 2. The van der Waals surface area contributed by atoms with E-state index in [2.05, 4.69) is 17.3 Å². The van der Waals surface area contributed by atoms with Crippen molar-refractivity contribution in [3.8, 4) is 0 Å². The van der Waals surface area contributed by atoms with Crippen molar-refractivity contribution in [2.24, 2.45) is 5.10 Å². The molecule has 0 spiro atoms. The summed E-state index contributed by atoms with van der Waals surface area (Å²) in [5.41, 5.74) is 0.321. The second-order valence-corrected chi connectivity index (χ2v) is 8.94. The summed E-state index contributed by atoms with van der Waals surface area (Å²) < 4.78 is 23.2. The summed E-state index contributed by atoms with van der Waals surface area (Å²) >= 11 is 0. The van der Waals surface area contributed by atoms with Crippen molar-refractivity contribution in [2.45, 2.75) is 70.9 Å². The van der Waals surface area contributed by atoms with Crippen LogP contribution in [0.1, 0.15) is 58.8 Å². The quantitative estimate of drug-likeness (QED) is 0.693. The molecule has 8 heteroatoms. The first kappa shape index (κ1) is 18.9. The number of hydrogen-bond donors (Lipinski definition) is 1. The van der Waals surface area contributed by atoms with E-state index >= 15 is 0 Å². The molecule has 0 aromatic carbocycles. The van der Waals surface area contributed by atoms with Gasteiger partial charge >= 0.3 is 0 Å². The summed E-state index contributed by atoms with van der Waals surface area (Å²) in [7, 11) is -3.10. The number of amides is 2. The predicted octanol–water partition coefficient (Wildman–Crippen LogP) is 1.24. The van der Waals surface area contributed by atoms with Gasteiger partial charge < -0.3 is 5.32 Å². The van der Waals surface area contributed by atoms with Gasteiger partial charge in [-0.25, -0.2) is 13.4 Å². The van der Waals surface area contributed by atoms with Crippen LogP contribution in [0.5, 0.6) is 0 Å². The van der Waals surface area contributed by atoms with Crippen LogP contribution in [0.2, 0.25) is 0 Å². The SMILES string of the molecule is CCCCC[C@H](C)NC(=O)C1=NN([C@@H]2CCS(=O)(=O)C2)C(=O)CC1. The van der Waals surface area contributed by atoms with E-state index in [9.17, 15) is 18.0 Å². The molecule has 1 N–H and O–H groups in total. The summed E-state index contributed by atoms with van der Waals surface area (Å²) in [6.45, 7) is 4.10. The maximum absolute atomic E-state index is 12.3. The van der Waals surface area contributed by atoms with E-state index < -0.39 is 15.9 Å². The Morgan fingerprint density at radius 3 is 2.75 bits per heavy atom. The van der Waals surface area contributed by atoms with Crippen LogP contribution in [0.4, 0.5) is 0 Å². The zero-order valence-corrected chi connectivity index (χ0v) is 15.3. The third-order valence-corrected chi connectivity index (χ3v) is 6.24. The van der Waals surface area contributed by atoms with Gasteiger partial charge in [0.2, 0.25) is 5.91 Å². The first-order valence-electron chi connectivity index (χ1n) is 8.73. The minimum Gasteiger partial charge on any atom is -0.348 e. The van der Waals surface area contributed by atoms with E-state index in [1.165, 1.54) is 5.01 Å². The molecule has 0 aromatic rings. The summed E-state index contributed by atoms with van der Waals surface area (Å²) in [4.78, 5) is 24.4. The minimum absolute atomic E-state index is 0.0599. The molecule has 2 aliphatic heterocycles. The molecule has 7 nitrogen and oxygen atoms in total. The molecule has 2 rings (SSSR count). The number of nitrogens with zero attached hydrogens (tertiary/aromatic N) is 2. The van der Waals surface area contributed by atoms with E-state index in [4.69, 9.17) is 0 Å². The normalized spacial score (nSPS) is 24.6. The average molecular weight is 357 g/mol. The Morgan fingerprint density at radius 2 is 2.12 bits per heavy atom. The largest absolute Gasteiger partial charge is 0.348 e. The van der Waals surface area contributed by atoms with Crippen molar-refractivity contribution in [2.75, 3.05) is 11.5 Å². The number of nitrogens with one attached hydrogen (secondary N) is 1. The molecule has 0 saturated carbocycles. The van der Waals surface area contributed by atoms with Gasteiger partial charge in [-0.1, -0.05) is 26.2 Å². The van der Waals surface area contributed by atoms with Crippen LogP contribution in [-0.4, -0.2) is 54.5 Å². The molecule has 2 atom stereocenters. The number of hydrazone groups is 1. The number of sulfone groups is 1. The van der Waals surface area contributed by atoms with Crippen molar-refractivity contribution in [1.82, 2.24) is 10.3 Å². The van der Waals surface area contributed by atoms with Crippen LogP contribution < -0.4 is 5.32 Å². The number of rotatable bonds is 7. The topological polar surface area (TPSA) is 95.9 Å². The van der Waals surface area contributed by atoms with Crippen LogP contribution in [0.25, 0.3) is 0 Å². The van der Waals surface area contributed by atoms with Gasteiger partial charge in [0.15, 0.2) is 9.84 Å². The van der Waals surface area contributed by atoms with E-state index in [0.717, 1.165) is 25.7 Å². The van der Waals surface area contributed by atoms with Crippen LogP contribution >= 0.6 is 0 Å². The Kier molecular flexibility index (Phi) is 6.37. The lowest BCUT2D eigenvalue weighted by atomic mass is 10.1. The zero-order valence-electron chi connectivity index (χ0n) is 14.5. The van der Waals surface area contributed by atoms with Gasteiger partial charge in [0, 0.05) is 18.9 Å². The monoisotopic (exact) mass is 357 g/mol. The molecule has 24 heavy (non-hydrogen) atoms. The fourth-order valence-corrected chi connectivity index (χ4v) is 4.76. The number of unbranched alkanes of at least 4 members (excludes halogenated alkanes) is 2. The molecule has 0 aliphatic carbocycles. The highest BCUT2D eigenvalue weighted by atomic mass is 32.2. The van der Waals surface area contributed by atoms with Crippen molar-refractivity contribution in [1.29, 1.82) is 0 Å². The highest BCUT2D eigenvalue weighted by Gasteiger charge is 2.37. The molecule has 1 saturated heterocycles. The Morgan fingerprint density at radius 1 is 1.38 bits per heavy atom. The van der Waals surface area contributed by atoms with E-state index in [1.54, 1.807) is 0 Å². The number of hydrogen-bond acceptors (Lipinski definition) is 5. The molecule has 2 heterocycles. The molecule has 0 aromatic heterocycles. The second kappa shape index (κ2) is 8.09. The molecule has 2 amide bonds. The van der Waals surface area contributed by atoms with Crippen LogP contribution in [0.15, 0.2) is 5.10 Å². The second-order valence-electron chi connectivity index (χ2n) is 6.71. The number of carbonyl (C=O) groups is 2. The summed E-state index contributed by atoms with van der Waals surface area (Å²) in [6, 6.07) is -0.378. The van der Waals surface area contributed by atoms with Crippen molar-refractivity contribution < 1.29 is 18.0 Å². The lowest BCUT2D eigenvalue weighted by Gasteiger charge is -2.28. The molecule has 2 aliphatic rings. The van der Waals surface area contributed by atoms with Gasteiger partial charge in [0.05, 0.1) is 17.5 Å². The lowest BCUT2D eigenvalue weighted by molar-refractivity contribution is -0.133.